The van der Waals surface area contributed by atoms with Crippen LogP contribution in [0.15, 0.2) is 57.5 Å². The lowest BCUT2D eigenvalue weighted by atomic mass is 9.99. The Kier molecular flexibility index (Phi) is 6.27. The van der Waals surface area contributed by atoms with Crippen molar-refractivity contribution < 1.29 is 0 Å². The second-order valence-corrected chi connectivity index (χ2v) is 6.75. The second-order valence-electron chi connectivity index (χ2n) is 4.92. The standard InChI is InChI=1S/C17H19Br2N/c1-2-20-17(11-13-6-8-15(18)9-7-13)12-14-4-3-5-16(19)10-14/h3-10,17,20H,2,11-12H2,1H3. The largest absolute Gasteiger partial charge is 0.314 e. The summed E-state index contributed by atoms with van der Waals surface area (Å²) < 4.78 is 2.28. The highest BCUT2D eigenvalue weighted by molar-refractivity contribution is 9.10. The average Bonchev–Trinajstić information content (AvgIpc) is 2.42. The molecule has 0 radical (unpaired) electrons. The van der Waals surface area contributed by atoms with Crippen molar-refractivity contribution in [3.63, 3.8) is 0 Å². The van der Waals surface area contributed by atoms with Crippen LogP contribution < -0.4 is 5.32 Å². The number of rotatable bonds is 6. The number of benzene rings is 2. The molecule has 1 unspecified atom stereocenters. The highest BCUT2D eigenvalue weighted by Gasteiger charge is 2.09. The molecular weight excluding hydrogens is 378 g/mol. The van der Waals surface area contributed by atoms with Gasteiger partial charge in [0, 0.05) is 15.0 Å². The van der Waals surface area contributed by atoms with Crippen LogP contribution in [0, 0.1) is 0 Å². The van der Waals surface area contributed by atoms with Gasteiger partial charge >= 0.3 is 0 Å². The van der Waals surface area contributed by atoms with E-state index in [1.54, 1.807) is 0 Å². The summed E-state index contributed by atoms with van der Waals surface area (Å²) in [5, 5.41) is 3.59. The predicted octanol–water partition coefficient (Wildman–Crippen LogP) is 4.97. The van der Waals surface area contributed by atoms with Crippen molar-refractivity contribution in [2.24, 2.45) is 0 Å². The highest BCUT2D eigenvalue weighted by atomic mass is 79.9. The Balaban J connectivity index is 2.05. The van der Waals surface area contributed by atoms with Crippen LogP contribution in [0.5, 0.6) is 0 Å². The molecule has 1 nitrogen and oxygen atoms in total. The summed E-state index contributed by atoms with van der Waals surface area (Å²) in [6.07, 6.45) is 2.09. The molecule has 0 bridgehead atoms. The van der Waals surface area contributed by atoms with Gasteiger partial charge in [0.2, 0.25) is 0 Å². The number of halogens is 2. The van der Waals surface area contributed by atoms with E-state index in [9.17, 15) is 0 Å². The van der Waals surface area contributed by atoms with Gasteiger partial charge in [-0.2, -0.15) is 0 Å². The number of likely N-dealkylation sites (N-methyl/N-ethyl adjacent to an activating group) is 1. The second kappa shape index (κ2) is 7.96. The summed E-state index contributed by atoms with van der Waals surface area (Å²) in [5.41, 5.74) is 2.73. The van der Waals surface area contributed by atoms with Gasteiger partial charge < -0.3 is 5.32 Å². The molecule has 0 aliphatic rings. The van der Waals surface area contributed by atoms with E-state index in [1.165, 1.54) is 11.1 Å². The van der Waals surface area contributed by atoms with Gasteiger partial charge in [-0.25, -0.2) is 0 Å². The van der Waals surface area contributed by atoms with Crippen molar-refractivity contribution in [2.75, 3.05) is 6.54 Å². The lowest BCUT2D eigenvalue weighted by molar-refractivity contribution is 0.521. The van der Waals surface area contributed by atoms with Crippen LogP contribution in [-0.2, 0) is 12.8 Å². The first-order valence-corrected chi connectivity index (χ1v) is 8.48. The molecule has 0 spiro atoms. The SMILES string of the molecule is CCNC(Cc1ccc(Br)cc1)Cc1cccc(Br)c1. The quantitative estimate of drug-likeness (QED) is 0.726. The average molecular weight is 397 g/mol. The third kappa shape index (κ3) is 5.04. The van der Waals surface area contributed by atoms with E-state index in [1.807, 2.05) is 0 Å². The van der Waals surface area contributed by atoms with E-state index < -0.39 is 0 Å². The summed E-state index contributed by atoms with van der Waals surface area (Å²) in [6, 6.07) is 17.6. The van der Waals surface area contributed by atoms with E-state index in [2.05, 4.69) is 92.6 Å². The summed E-state index contributed by atoms with van der Waals surface area (Å²) in [4.78, 5) is 0. The maximum absolute atomic E-state index is 3.59. The third-order valence-corrected chi connectivity index (χ3v) is 4.28. The summed E-state index contributed by atoms with van der Waals surface area (Å²) in [7, 11) is 0. The summed E-state index contributed by atoms with van der Waals surface area (Å²) in [5.74, 6) is 0. The van der Waals surface area contributed by atoms with E-state index in [0.29, 0.717) is 6.04 Å². The zero-order valence-electron chi connectivity index (χ0n) is 11.6. The molecule has 0 fully saturated rings. The molecule has 0 amide bonds. The Labute approximate surface area is 138 Å². The molecule has 20 heavy (non-hydrogen) atoms. The van der Waals surface area contributed by atoms with E-state index >= 15 is 0 Å². The molecule has 0 aliphatic heterocycles. The zero-order chi connectivity index (χ0) is 14.4. The fourth-order valence-corrected chi connectivity index (χ4v) is 3.07. The lowest BCUT2D eigenvalue weighted by Gasteiger charge is -2.18. The molecule has 3 heteroatoms. The first kappa shape index (κ1) is 15.7. The van der Waals surface area contributed by atoms with Crippen molar-refractivity contribution in [3.8, 4) is 0 Å². The van der Waals surface area contributed by atoms with Crippen molar-refractivity contribution in [2.45, 2.75) is 25.8 Å². The molecule has 2 aromatic carbocycles. The van der Waals surface area contributed by atoms with Gasteiger partial charge in [0.1, 0.15) is 0 Å². The Bertz CT molecular complexity index is 537. The zero-order valence-corrected chi connectivity index (χ0v) is 14.7. The fraction of sp³-hybridized carbons (Fsp3) is 0.294. The molecule has 0 saturated heterocycles. The smallest absolute Gasteiger partial charge is 0.0178 e. The third-order valence-electron chi connectivity index (χ3n) is 3.26. The van der Waals surface area contributed by atoms with Gasteiger partial charge in [-0.15, -0.1) is 0 Å². The molecule has 0 heterocycles. The number of nitrogens with one attached hydrogen (secondary N) is 1. The lowest BCUT2D eigenvalue weighted by Crippen LogP contribution is -2.33. The van der Waals surface area contributed by atoms with Crippen LogP contribution in [0.25, 0.3) is 0 Å². The summed E-state index contributed by atoms with van der Waals surface area (Å²) >= 11 is 7.02. The van der Waals surface area contributed by atoms with Crippen molar-refractivity contribution in [3.05, 3.63) is 68.6 Å². The van der Waals surface area contributed by atoms with Crippen molar-refractivity contribution in [1.29, 1.82) is 0 Å². The molecule has 0 aliphatic carbocycles. The van der Waals surface area contributed by atoms with Crippen LogP contribution in [0.1, 0.15) is 18.1 Å². The van der Waals surface area contributed by atoms with Gasteiger partial charge in [-0.05, 0) is 54.8 Å². The maximum Gasteiger partial charge on any atom is 0.0178 e. The monoisotopic (exact) mass is 395 g/mol. The van der Waals surface area contributed by atoms with Crippen LogP contribution in [0.3, 0.4) is 0 Å². The Morgan fingerprint density at radius 3 is 2.25 bits per heavy atom. The summed E-state index contributed by atoms with van der Waals surface area (Å²) in [6.45, 7) is 3.16. The van der Waals surface area contributed by atoms with Gasteiger partial charge in [0.15, 0.2) is 0 Å². The van der Waals surface area contributed by atoms with Crippen LogP contribution in [0.2, 0.25) is 0 Å². The van der Waals surface area contributed by atoms with Crippen LogP contribution in [0.4, 0.5) is 0 Å². The van der Waals surface area contributed by atoms with Crippen molar-refractivity contribution in [1.82, 2.24) is 5.32 Å². The first-order valence-electron chi connectivity index (χ1n) is 6.89. The van der Waals surface area contributed by atoms with Gasteiger partial charge in [0.25, 0.3) is 0 Å². The minimum absolute atomic E-state index is 0.468. The first-order chi connectivity index (χ1) is 9.67. The minimum atomic E-state index is 0.468. The number of hydrogen-bond donors (Lipinski definition) is 1. The molecule has 2 rings (SSSR count). The van der Waals surface area contributed by atoms with Gasteiger partial charge in [-0.1, -0.05) is 63.0 Å². The van der Waals surface area contributed by atoms with Crippen molar-refractivity contribution >= 4 is 31.9 Å². The molecule has 1 atom stereocenters. The van der Waals surface area contributed by atoms with Crippen LogP contribution in [-0.4, -0.2) is 12.6 Å². The van der Waals surface area contributed by atoms with Gasteiger partial charge in [0.05, 0.1) is 0 Å². The van der Waals surface area contributed by atoms with E-state index in [4.69, 9.17) is 0 Å². The topological polar surface area (TPSA) is 12.0 Å². The molecule has 0 saturated carbocycles. The molecule has 2 aromatic rings. The Hall–Kier alpha value is -0.640. The molecule has 1 N–H and O–H groups in total. The highest BCUT2D eigenvalue weighted by Crippen LogP contribution is 2.16. The Morgan fingerprint density at radius 1 is 0.900 bits per heavy atom. The molecule has 0 aromatic heterocycles. The van der Waals surface area contributed by atoms with Gasteiger partial charge in [-0.3, -0.25) is 0 Å². The van der Waals surface area contributed by atoms with Crippen LogP contribution >= 0.6 is 31.9 Å². The predicted molar refractivity (Wildman–Crippen MR) is 93.2 cm³/mol. The van der Waals surface area contributed by atoms with E-state index in [-0.39, 0.29) is 0 Å². The number of hydrogen-bond acceptors (Lipinski definition) is 1. The molecule has 106 valence electrons. The normalized spacial score (nSPS) is 12.3. The minimum Gasteiger partial charge on any atom is -0.314 e. The molecular formula is C17H19Br2N. The Morgan fingerprint density at radius 2 is 1.60 bits per heavy atom. The maximum atomic E-state index is 3.59. The fourth-order valence-electron chi connectivity index (χ4n) is 2.36. The van der Waals surface area contributed by atoms with E-state index in [0.717, 1.165) is 28.3 Å².